The van der Waals surface area contributed by atoms with Crippen LogP contribution in [-0.2, 0) is 0 Å². The van der Waals surface area contributed by atoms with Crippen molar-refractivity contribution in [3.63, 3.8) is 0 Å². The van der Waals surface area contributed by atoms with E-state index >= 15 is 0 Å². The smallest absolute Gasteiger partial charge is 0.148 e. The highest BCUT2D eigenvalue weighted by Crippen LogP contribution is 2.29. The lowest BCUT2D eigenvalue weighted by Crippen LogP contribution is -1.91. The second kappa shape index (κ2) is 3.67. The Bertz CT molecular complexity index is 538. The lowest BCUT2D eigenvalue weighted by Gasteiger charge is -2.09. The van der Waals surface area contributed by atoms with Crippen LogP contribution in [0.25, 0.3) is 11.3 Å². The third kappa shape index (κ3) is 1.58. The molecule has 1 aromatic carbocycles. The highest BCUT2D eigenvalue weighted by atomic mass is 15.2. The third-order valence-corrected chi connectivity index (χ3v) is 3.16. The lowest BCUT2D eigenvalue weighted by molar-refractivity contribution is 1.10. The molecule has 0 bridgehead atoms. The van der Waals surface area contributed by atoms with Crippen LogP contribution in [0.1, 0.15) is 22.3 Å². The molecule has 0 saturated heterocycles. The van der Waals surface area contributed by atoms with E-state index in [1.54, 1.807) is 0 Å². The first-order valence-electron chi connectivity index (χ1n) is 5.39. The summed E-state index contributed by atoms with van der Waals surface area (Å²) in [5, 5.41) is 7.04. The van der Waals surface area contributed by atoms with Gasteiger partial charge in [-0.2, -0.15) is 5.10 Å². The Morgan fingerprint density at radius 3 is 2.19 bits per heavy atom. The number of anilines is 1. The molecule has 3 nitrogen and oxygen atoms in total. The lowest BCUT2D eigenvalue weighted by atomic mass is 9.97. The van der Waals surface area contributed by atoms with Crippen molar-refractivity contribution in [2.24, 2.45) is 0 Å². The van der Waals surface area contributed by atoms with Gasteiger partial charge in [0.1, 0.15) is 5.82 Å². The van der Waals surface area contributed by atoms with Gasteiger partial charge in [0, 0.05) is 11.1 Å². The molecule has 0 aliphatic rings. The van der Waals surface area contributed by atoms with Crippen molar-refractivity contribution in [2.45, 2.75) is 27.7 Å². The van der Waals surface area contributed by atoms with Crippen LogP contribution in [-0.4, -0.2) is 10.2 Å². The second-order valence-corrected chi connectivity index (χ2v) is 4.36. The maximum atomic E-state index is 5.75. The molecule has 0 unspecified atom stereocenters. The topological polar surface area (TPSA) is 54.7 Å². The quantitative estimate of drug-likeness (QED) is 0.768. The second-order valence-electron chi connectivity index (χ2n) is 4.36. The van der Waals surface area contributed by atoms with Crippen molar-refractivity contribution in [3.05, 3.63) is 34.4 Å². The number of rotatable bonds is 1. The van der Waals surface area contributed by atoms with E-state index in [4.69, 9.17) is 5.73 Å². The predicted molar refractivity (Wildman–Crippen MR) is 67.4 cm³/mol. The molecule has 84 valence electrons. The van der Waals surface area contributed by atoms with Crippen molar-refractivity contribution >= 4 is 5.82 Å². The van der Waals surface area contributed by atoms with Crippen LogP contribution in [0.5, 0.6) is 0 Å². The monoisotopic (exact) mass is 215 g/mol. The summed E-state index contributed by atoms with van der Waals surface area (Å²) in [5.41, 5.74) is 12.8. The summed E-state index contributed by atoms with van der Waals surface area (Å²) in [4.78, 5) is 0. The number of aryl methyl sites for hydroxylation is 3. The van der Waals surface area contributed by atoms with Crippen molar-refractivity contribution < 1.29 is 0 Å². The molecule has 1 aromatic heterocycles. The first-order chi connectivity index (χ1) is 7.50. The van der Waals surface area contributed by atoms with Gasteiger partial charge in [-0.3, -0.25) is 5.10 Å². The van der Waals surface area contributed by atoms with Crippen molar-refractivity contribution in [2.75, 3.05) is 5.73 Å². The molecule has 0 spiro atoms. The summed E-state index contributed by atoms with van der Waals surface area (Å²) < 4.78 is 0. The Morgan fingerprint density at radius 1 is 1.00 bits per heavy atom. The van der Waals surface area contributed by atoms with Gasteiger partial charge in [0.05, 0.1) is 5.69 Å². The summed E-state index contributed by atoms with van der Waals surface area (Å²) in [6, 6.07) is 4.38. The van der Waals surface area contributed by atoms with E-state index in [-0.39, 0.29) is 0 Å². The average Bonchev–Trinajstić information content (AvgIpc) is 2.54. The number of benzene rings is 1. The summed E-state index contributed by atoms with van der Waals surface area (Å²) in [5.74, 6) is 0.577. The average molecular weight is 215 g/mol. The van der Waals surface area contributed by atoms with E-state index in [1.807, 2.05) is 6.92 Å². The van der Waals surface area contributed by atoms with Crippen molar-refractivity contribution in [3.8, 4) is 11.3 Å². The largest absolute Gasteiger partial charge is 0.382 e. The molecule has 0 aliphatic heterocycles. The number of aromatic nitrogens is 2. The highest BCUT2D eigenvalue weighted by Gasteiger charge is 2.11. The Hall–Kier alpha value is -1.77. The van der Waals surface area contributed by atoms with Gasteiger partial charge in [-0.25, -0.2) is 0 Å². The van der Waals surface area contributed by atoms with E-state index in [0.717, 1.165) is 11.3 Å². The Labute approximate surface area is 95.7 Å². The molecule has 0 saturated carbocycles. The number of hydrogen-bond acceptors (Lipinski definition) is 2. The predicted octanol–water partition coefficient (Wildman–Crippen LogP) is 2.89. The zero-order valence-electron chi connectivity index (χ0n) is 10.2. The summed E-state index contributed by atoms with van der Waals surface area (Å²) in [6.07, 6.45) is 0. The van der Waals surface area contributed by atoms with E-state index in [1.165, 1.54) is 22.3 Å². The van der Waals surface area contributed by atoms with Gasteiger partial charge < -0.3 is 5.73 Å². The van der Waals surface area contributed by atoms with Gasteiger partial charge in [-0.05, 0) is 50.5 Å². The number of hydrogen-bond donors (Lipinski definition) is 2. The van der Waals surface area contributed by atoms with Crippen LogP contribution in [0, 0.1) is 27.7 Å². The molecule has 3 heteroatoms. The molecule has 0 fully saturated rings. The van der Waals surface area contributed by atoms with Crippen LogP contribution in [0.15, 0.2) is 12.1 Å². The van der Waals surface area contributed by atoms with E-state index in [2.05, 4.69) is 43.1 Å². The molecular weight excluding hydrogens is 198 g/mol. The van der Waals surface area contributed by atoms with Crippen LogP contribution >= 0.6 is 0 Å². The molecule has 16 heavy (non-hydrogen) atoms. The van der Waals surface area contributed by atoms with Gasteiger partial charge in [0.25, 0.3) is 0 Å². The van der Waals surface area contributed by atoms with Gasteiger partial charge in [0.2, 0.25) is 0 Å². The molecular formula is C13H17N3. The molecule has 0 amide bonds. The number of aromatic amines is 1. The van der Waals surface area contributed by atoms with E-state index in [0.29, 0.717) is 5.82 Å². The SMILES string of the molecule is Cc1cc(C)c(-c2[nH]nc(N)c2C)cc1C. The molecule has 1 heterocycles. The number of H-pyrrole nitrogens is 1. The Morgan fingerprint density at radius 2 is 1.62 bits per heavy atom. The molecule has 0 radical (unpaired) electrons. The third-order valence-electron chi connectivity index (χ3n) is 3.16. The fraction of sp³-hybridized carbons (Fsp3) is 0.308. The molecule has 0 atom stereocenters. The zero-order valence-corrected chi connectivity index (χ0v) is 10.2. The number of nitrogens with zero attached hydrogens (tertiary/aromatic N) is 1. The Kier molecular flexibility index (Phi) is 2.46. The fourth-order valence-electron chi connectivity index (χ4n) is 1.90. The number of nitrogens with one attached hydrogen (secondary N) is 1. The first kappa shape index (κ1) is 10.7. The zero-order chi connectivity index (χ0) is 11.9. The minimum absolute atomic E-state index is 0.577. The maximum absolute atomic E-state index is 5.75. The minimum Gasteiger partial charge on any atom is -0.382 e. The van der Waals surface area contributed by atoms with E-state index < -0.39 is 0 Å². The molecule has 2 rings (SSSR count). The summed E-state index contributed by atoms with van der Waals surface area (Å²) in [6.45, 7) is 8.34. The molecule has 0 aliphatic carbocycles. The van der Waals surface area contributed by atoms with Crippen LogP contribution in [0.2, 0.25) is 0 Å². The van der Waals surface area contributed by atoms with Crippen molar-refractivity contribution in [1.82, 2.24) is 10.2 Å². The normalized spacial score (nSPS) is 10.8. The first-order valence-corrected chi connectivity index (χ1v) is 5.39. The van der Waals surface area contributed by atoms with Gasteiger partial charge in [0.15, 0.2) is 0 Å². The van der Waals surface area contributed by atoms with Crippen LogP contribution in [0.3, 0.4) is 0 Å². The fourth-order valence-corrected chi connectivity index (χ4v) is 1.90. The Balaban J connectivity index is 2.65. The number of nitrogens with two attached hydrogens (primary N) is 1. The van der Waals surface area contributed by atoms with E-state index in [9.17, 15) is 0 Å². The van der Waals surface area contributed by atoms with Crippen LogP contribution in [0.4, 0.5) is 5.82 Å². The summed E-state index contributed by atoms with van der Waals surface area (Å²) >= 11 is 0. The van der Waals surface area contributed by atoms with Gasteiger partial charge in [-0.1, -0.05) is 6.07 Å². The maximum Gasteiger partial charge on any atom is 0.148 e. The number of nitrogen functional groups attached to an aromatic ring is 1. The standard InChI is InChI=1S/C13H17N3/c1-7-5-9(3)11(6-8(7)2)12-10(4)13(14)16-15-12/h5-6H,1-4H3,(H3,14,15,16). The van der Waals surface area contributed by atoms with Crippen LogP contribution < -0.4 is 5.73 Å². The van der Waals surface area contributed by atoms with Gasteiger partial charge in [-0.15, -0.1) is 0 Å². The molecule has 2 aromatic rings. The molecule has 3 N–H and O–H groups in total. The van der Waals surface area contributed by atoms with Gasteiger partial charge >= 0.3 is 0 Å². The van der Waals surface area contributed by atoms with Crippen molar-refractivity contribution in [1.29, 1.82) is 0 Å². The minimum atomic E-state index is 0.577. The summed E-state index contributed by atoms with van der Waals surface area (Å²) in [7, 11) is 0. The highest BCUT2D eigenvalue weighted by molar-refractivity contribution is 5.71.